The quantitative estimate of drug-likeness (QED) is 0.433. The monoisotopic (exact) mass is 321 g/mol. The lowest BCUT2D eigenvalue weighted by molar-refractivity contribution is 0.0949. The number of hydrogen-bond acceptors (Lipinski definition) is 1. The standard InChI is InChI=1S/C20H33OS/c1-6-8-15-22(16-9-7-2)19(20(3,4)5)18(21)17-13-11-10-12-14-17/h10-14,19H,6-9,15-16H2,1-5H3/q+1. The van der Waals surface area contributed by atoms with E-state index in [1.165, 1.54) is 37.2 Å². The molecule has 1 atom stereocenters. The van der Waals surface area contributed by atoms with E-state index in [4.69, 9.17) is 0 Å². The predicted octanol–water partition coefficient (Wildman–Crippen LogP) is 5.50. The summed E-state index contributed by atoms with van der Waals surface area (Å²) < 4.78 is 0. The van der Waals surface area contributed by atoms with Gasteiger partial charge in [-0.15, -0.1) is 0 Å². The number of carbonyl (C=O) groups is 1. The van der Waals surface area contributed by atoms with Gasteiger partial charge in [0.15, 0.2) is 5.25 Å². The lowest BCUT2D eigenvalue weighted by Gasteiger charge is -2.29. The van der Waals surface area contributed by atoms with E-state index in [9.17, 15) is 4.79 Å². The molecule has 0 saturated heterocycles. The molecule has 0 fully saturated rings. The minimum Gasteiger partial charge on any atom is -0.288 e. The van der Waals surface area contributed by atoms with Gasteiger partial charge in [-0.05, 0) is 23.7 Å². The second-order valence-electron chi connectivity index (χ2n) is 7.13. The topological polar surface area (TPSA) is 17.1 Å². The van der Waals surface area contributed by atoms with Crippen LogP contribution in [0.5, 0.6) is 0 Å². The van der Waals surface area contributed by atoms with Crippen molar-refractivity contribution in [2.75, 3.05) is 11.5 Å². The van der Waals surface area contributed by atoms with Crippen molar-refractivity contribution in [2.45, 2.75) is 65.6 Å². The van der Waals surface area contributed by atoms with Crippen molar-refractivity contribution in [3.8, 4) is 0 Å². The Balaban J connectivity index is 3.05. The lowest BCUT2D eigenvalue weighted by atomic mass is 9.87. The van der Waals surface area contributed by atoms with Crippen LogP contribution in [0, 0.1) is 5.41 Å². The summed E-state index contributed by atoms with van der Waals surface area (Å²) in [5.74, 6) is 2.76. The van der Waals surface area contributed by atoms with Gasteiger partial charge in [0.05, 0.1) is 0 Å². The number of benzene rings is 1. The number of ketones is 1. The highest BCUT2D eigenvalue weighted by atomic mass is 32.2. The largest absolute Gasteiger partial charge is 0.288 e. The Labute approximate surface area is 140 Å². The summed E-state index contributed by atoms with van der Waals surface area (Å²) in [7, 11) is 0.188. The summed E-state index contributed by atoms with van der Waals surface area (Å²) >= 11 is 0. The van der Waals surface area contributed by atoms with Gasteiger partial charge in [-0.25, -0.2) is 0 Å². The maximum atomic E-state index is 13.2. The Bertz CT molecular complexity index is 425. The second-order valence-corrected chi connectivity index (χ2v) is 9.49. The highest BCUT2D eigenvalue weighted by molar-refractivity contribution is 7.98. The number of unbranched alkanes of at least 4 members (excludes halogenated alkanes) is 2. The maximum Gasteiger partial charge on any atom is 0.215 e. The minimum absolute atomic E-state index is 0.0253. The van der Waals surface area contributed by atoms with E-state index in [2.05, 4.69) is 34.6 Å². The van der Waals surface area contributed by atoms with Gasteiger partial charge in [0.2, 0.25) is 5.78 Å². The fourth-order valence-electron chi connectivity index (χ4n) is 2.80. The van der Waals surface area contributed by atoms with Crippen LogP contribution in [0.1, 0.15) is 70.7 Å². The Morgan fingerprint density at radius 3 is 1.91 bits per heavy atom. The van der Waals surface area contributed by atoms with Crippen molar-refractivity contribution in [2.24, 2.45) is 5.41 Å². The van der Waals surface area contributed by atoms with Crippen LogP contribution in [0.15, 0.2) is 30.3 Å². The molecule has 0 heterocycles. The number of hydrogen-bond donors (Lipinski definition) is 0. The lowest BCUT2D eigenvalue weighted by Crippen LogP contribution is -2.44. The van der Waals surface area contributed by atoms with Crippen LogP contribution in [0.3, 0.4) is 0 Å². The third-order valence-electron chi connectivity index (χ3n) is 3.94. The molecule has 1 unspecified atom stereocenters. The fraction of sp³-hybridized carbons (Fsp3) is 0.650. The fourth-order valence-corrected chi connectivity index (χ4v) is 6.23. The third kappa shape index (κ3) is 5.79. The molecule has 0 spiro atoms. The predicted molar refractivity (Wildman–Crippen MR) is 101 cm³/mol. The molecule has 124 valence electrons. The highest BCUT2D eigenvalue weighted by Gasteiger charge is 2.44. The van der Waals surface area contributed by atoms with Gasteiger partial charge in [0, 0.05) is 11.0 Å². The zero-order valence-corrected chi connectivity index (χ0v) is 15.8. The molecule has 0 aliphatic carbocycles. The molecular weight excluding hydrogens is 288 g/mol. The summed E-state index contributed by atoms with van der Waals surface area (Å²) in [4.78, 5) is 13.2. The molecule has 1 aromatic rings. The molecule has 0 aromatic heterocycles. The molecule has 0 aliphatic heterocycles. The Morgan fingerprint density at radius 2 is 1.50 bits per heavy atom. The Kier molecular flexibility index (Phi) is 8.24. The Morgan fingerprint density at radius 1 is 1.00 bits per heavy atom. The first kappa shape index (κ1) is 19.3. The van der Waals surface area contributed by atoms with Crippen molar-refractivity contribution < 1.29 is 4.79 Å². The molecule has 0 radical (unpaired) electrons. The first-order valence-electron chi connectivity index (χ1n) is 8.67. The average molecular weight is 322 g/mol. The van der Waals surface area contributed by atoms with Crippen LogP contribution in [0.4, 0.5) is 0 Å². The number of Topliss-reactive ketones (excluding diaryl/α,β-unsaturated/α-hetero) is 1. The van der Waals surface area contributed by atoms with E-state index in [1.807, 2.05) is 30.3 Å². The van der Waals surface area contributed by atoms with Crippen LogP contribution < -0.4 is 0 Å². The van der Waals surface area contributed by atoms with Gasteiger partial charge in [0.25, 0.3) is 0 Å². The van der Waals surface area contributed by atoms with Crippen LogP contribution in [-0.4, -0.2) is 22.5 Å². The molecule has 1 rings (SSSR count). The number of rotatable bonds is 9. The summed E-state index contributed by atoms with van der Waals surface area (Å²) in [6.45, 7) is 11.2. The summed E-state index contributed by atoms with van der Waals surface area (Å²) in [5.41, 5.74) is 0.908. The van der Waals surface area contributed by atoms with Gasteiger partial charge in [0.1, 0.15) is 11.5 Å². The summed E-state index contributed by atoms with van der Waals surface area (Å²) in [6, 6.07) is 9.88. The van der Waals surface area contributed by atoms with Gasteiger partial charge >= 0.3 is 0 Å². The SMILES string of the molecule is CCCC[S+](CCCC)C(C(=O)c1ccccc1)C(C)(C)C. The Hall–Kier alpha value is -0.760. The number of carbonyl (C=O) groups excluding carboxylic acids is 1. The smallest absolute Gasteiger partial charge is 0.215 e. The average Bonchev–Trinajstić information content (AvgIpc) is 2.49. The van der Waals surface area contributed by atoms with Crippen LogP contribution in [0.2, 0.25) is 0 Å². The van der Waals surface area contributed by atoms with Crippen molar-refractivity contribution in [3.63, 3.8) is 0 Å². The van der Waals surface area contributed by atoms with E-state index in [-0.39, 0.29) is 21.6 Å². The van der Waals surface area contributed by atoms with Crippen LogP contribution in [-0.2, 0) is 10.9 Å². The van der Waals surface area contributed by atoms with E-state index in [0.717, 1.165) is 5.56 Å². The van der Waals surface area contributed by atoms with Crippen LogP contribution in [0.25, 0.3) is 0 Å². The third-order valence-corrected chi connectivity index (χ3v) is 7.15. The second kappa shape index (κ2) is 9.39. The molecule has 1 nitrogen and oxygen atoms in total. The van der Waals surface area contributed by atoms with Crippen molar-refractivity contribution in [1.82, 2.24) is 0 Å². The molecule has 0 amide bonds. The van der Waals surface area contributed by atoms with Gasteiger partial charge in [-0.1, -0.05) is 77.8 Å². The zero-order valence-electron chi connectivity index (χ0n) is 15.0. The molecule has 2 heteroatoms. The highest BCUT2D eigenvalue weighted by Crippen LogP contribution is 2.32. The molecule has 0 N–H and O–H groups in total. The zero-order chi connectivity index (χ0) is 16.6. The van der Waals surface area contributed by atoms with E-state index >= 15 is 0 Å². The molecule has 22 heavy (non-hydrogen) atoms. The van der Waals surface area contributed by atoms with Gasteiger partial charge in [-0.2, -0.15) is 0 Å². The normalized spacial score (nSPS) is 13.4. The summed E-state index contributed by atoms with van der Waals surface area (Å²) in [6.07, 6.45) is 4.90. The minimum atomic E-state index is 0.0253. The molecule has 1 aromatic carbocycles. The van der Waals surface area contributed by atoms with Gasteiger partial charge in [-0.3, -0.25) is 4.79 Å². The first-order valence-corrected chi connectivity index (χ1v) is 10.3. The van der Waals surface area contributed by atoms with Crippen molar-refractivity contribution >= 4 is 16.7 Å². The van der Waals surface area contributed by atoms with Crippen molar-refractivity contribution in [1.29, 1.82) is 0 Å². The van der Waals surface area contributed by atoms with E-state index < -0.39 is 0 Å². The van der Waals surface area contributed by atoms with Gasteiger partial charge < -0.3 is 0 Å². The summed E-state index contributed by atoms with van der Waals surface area (Å²) in [5, 5.41) is 0.146. The first-order chi connectivity index (χ1) is 10.4. The van der Waals surface area contributed by atoms with E-state index in [0.29, 0.717) is 5.78 Å². The molecular formula is C20H33OS+. The van der Waals surface area contributed by atoms with Crippen LogP contribution >= 0.6 is 0 Å². The maximum absolute atomic E-state index is 13.2. The molecule has 0 aliphatic rings. The van der Waals surface area contributed by atoms with Crippen molar-refractivity contribution in [3.05, 3.63) is 35.9 Å². The molecule has 0 saturated carbocycles. The molecule has 0 bridgehead atoms. The van der Waals surface area contributed by atoms with E-state index in [1.54, 1.807) is 0 Å².